The Morgan fingerprint density at radius 2 is 2.04 bits per heavy atom. The second-order valence-electron chi connectivity index (χ2n) is 6.19. The van der Waals surface area contributed by atoms with Gasteiger partial charge in [0.25, 0.3) is 0 Å². The average Bonchev–Trinajstić information content (AvgIpc) is 2.98. The summed E-state index contributed by atoms with van der Waals surface area (Å²) in [6.45, 7) is 2.21. The fourth-order valence-corrected chi connectivity index (χ4v) is 3.08. The second kappa shape index (κ2) is 8.33. The molecular formula is C20H19ClN2O5. The van der Waals surface area contributed by atoms with E-state index >= 15 is 0 Å². The van der Waals surface area contributed by atoms with E-state index < -0.39 is 11.8 Å². The van der Waals surface area contributed by atoms with Gasteiger partial charge in [0.1, 0.15) is 17.0 Å². The van der Waals surface area contributed by atoms with Crippen LogP contribution in [0.2, 0.25) is 5.02 Å². The molecule has 0 spiro atoms. The second-order valence-corrected chi connectivity index (χ2v) is 6.60. The van der Waals surface area contributed by atoms with Gasteiger partial charge in [0.15, 0.2) is 5.76 Å². The zero-order valence-corrected chi connectivity index (χ0v) is 15.9. The van der Waals surface area contributed by atoms with E-state index in [9.17, 15) is 9.59 Å². The van der Waals surface area contributed by atoms with Gasteiger partial charge in [0.05, 0.1) is 11.6 Å². The molecule has 0 atom stereocenters. The Morgan fingerprint density at radius 1 is 1.25 bits per heavy atom. The minimum atomic E-state index is -0.824. The minimum Gasteiger partial charge on any atom is -0.493 e. The lowest BCUT2D eigenvalue weighted by Gasteiger charge is -2.06. The smallest absolute Gasteiger partial charge is 0.316 e. The van der Waals surface area contributed by atoms with Crippen LogP contribution in [0, 0.1) is 6.92 Å². The molecule has 0 fully saturated rings. The number of carbonyl (C=O) groups is 2. The number of primary amides is 1. The Kier molecular flexibility index (Phi) is 5.87. The fraction of sp³-hybridized carbons (Fsp3) is 0.200. The van der Waals surface area contributed by atoms with E-state index in [0.29, 0.717) is 29.7 Å². The minimum absolute atomic E-state index is 0.0195. The molecule has 1 heterocycles. The zero-order chi connectivity index (χ0) is 20.3. The molecule has 3 rings (SSSR count). The predicted octanol–water partition coefficient (Wildman–Crippen LogP) is 3.88. The lowest BCUT2D eigenvalue weighted by atomic mass is 10.1. The van der Waals surface area contributed by atoms with Crippen molar-refractivity contribution < 1.29 is 23.8 Å². The van der Waals surface area contributed by atoms with E-state index in [2.05, 4.69) is 5.32 Å². The summed E-state index contributed by atoms with van der Waals surface area (Å²) in [4.78, 5) is 24.5. The van der Waals surface area contributed by atoms with E-state index in [-0.39, 0.29) is 28.6 Å². The molecule has 0 saturated heterocycles. The number of nitrogens with two attached hydrogens (primary N) is 1. The molecule has 2 aromatic carbocycles. The molecular weight excluding hydrogens is 384 g/mol. The van der Waals surface area contributed by atoms with E-state index in [1.807, 2.05) is 6.92 Å². The van der Waals surface area contributed by atoms with Crippen molar-refractivity contribution in [3.05, 3.63) is 58.3 Å². The number of aryl methyl sites for hydroxylation is 1. The van der Waals surface area contributed by atoms with E-state index in [1.165, 1.54) is 0 Å². The first kappa shape index (κ1) is 19.7. The highest BCUT2D eigenvalue weighted by Gasteiger charge is 2.25. The highest BCUT2D eigenvalue weighted by molar-refractivity contribution is 6.35. The largest absolute Gasteiger partial charge is 0.493 e. The molecule has 146 valence electrons. The SMILES string of the molecule is Cc1ccc(C(=O)c2oc3cc(OCCCO)ccc3c2NC(N)=O)c(Cl)c1. The normalized spacial score (nSPS) is 10.8. The molecule has 0 aliphatic carbocycles. The van der Waals surface area contributed by atoms with Crippen LogP contribution in [0.4, 0.5) is 10.5 Å². The van der Waals surface area contributed by atoms with Crippen molar-refractivity contribution in [2.75, 3.05) is 18.5 Å². The van der Waals surface area contributed by atoms with Crippen LogP contribution in [0.15, 0.2) is 40.8 Å². The first-order valence-electron chi connectivity index (χ1n) is 8.58. The van der Waals surface area contributed by atoms with Gasteiger partial charge in [-0.1, -0.05) is 17.7 Å². The number of aliphatic hydroxyl groups excluding tert-OH is 1. The van der Waals surface area contributed by atoms with Crippen LogP contribution < -0.4 is 15.8 Å². The van der Waals surface area contributed by atoms with Crippen molar-refractivity contribution in [2.45, 2.75) is 13.3 Å². The molecule has 0 bridgehead atoms. The Hall–Kier alpha value is -3.03. The summed E-state index contributed by atoms with van der Waals surface area (Å²) in [5, 5.41) is 12.1. The zero-order valence-electron chi connectivity index (χ0n) is 15.1. The summed E-state index contributed by atoms with van der Waals surface area (Å²) < 4.78 is 11.3. The number of ketones is 1. The number of anilines is 1. The number of benzene rings is 2. The molecule has 0 aliphatic rings. The van der Waals surface area contributed by atoms with Gasteiger partial charge in [-0.3, -0.25) is 4.79 Å². The number of amides is 2. The monoisotopic (exact) mass is 402 g/mol. The lowest BCUT2D eigenvalue weighted by Crippen LogP contribution is -2.20. The maximum atomic E-state index is 13.0. The molecule has 7 nitrogen and oxygen atoms in total. The van der Waals surface area contributed by atoms with E-state index in [4.69, 9.17) is 31.6 Å². The number of ether oxygens (including phenoxy) is 1. The Balaban J connectivity index is 2.06. The number of fused-ring (bicyclic) bond motifs is 1. The van der Waals surface area contributed by atoms with Crippen LogP contribution in [0.25, 0.3) is 11.0 Å². The van der Waals surface area contributed by atoms with Crippen LogP contribution >= 0.6 is 11.6 Å². The number of rotatable bonds is 7. The van der Waals surface area contributed by atoms with Crippen LogP contribution in [0.3, 0.4) is 0 Å². The van der Waals surface area contributed by atoms with Gasteiger partial charge in [0.2, 0.25) is 5.78 Å². The van der Waals surface area contributed by atoms with Gasteiger partial charge in [-0.15, -0.1) is 0 Å². The summed E-state index contributed by atoms with van der Waals surface area (Å²) in [6.07, 6.45) is 0.486. The van der Waals surface area contributed by atoms with Gasteiger partial charge < -0.3 is 25.3 Å². The topological polar surface area (TPSA) is 115 Å². The predicted molar refractivity (Wildman–Crippen MR) is 106 cm³/mol. The number of hydrogen-bond acceptors (Lipinski definition) is 5. The standard InChI is InChI=1S/C20H19ClN2O5/c1-11-3-5-13(15(21)9-11)18(25)19-17(23-20(22)26)14-6-4-12(10-16(14)28-19)27-8-2-7-24/h3-6,9-10,24H,2,7-8H2,1H3,(H3,22,23,26). The lowest BCUT2D eigenvalue weighted by molar-refractivity contribution is 0.101. The van der Waals surface area contributed by atoms with Crippen molar-refractivity contribution in [3.63, 3.8) is 0 Å². The van der Waals surface area contributed by atoms with Crippen LogP contribution in [-0.2, 0) is 0 Å². The fourth-order valence-electron chi connectivity index (χ4n) is 2.76. The Bertz CT molecular complexity index is 1040. The third-order valence-corrected chi connectivity index (χ3v) is 4.37. The molecule has 0 aliphatic heterocycles. The van der Waals surface area contributed by atoms with Crippen molar-refractivity contribution in [1.82, 2.24) is 0 Å². The van der Waals surface area contributed by atoms with Crippen molar-refractivity contribution in [1.29, 1.82) is 0 Å². The number of furan rings is 1. The van der Waals surface area contributed by atoms with Gasteiger partial charge >= 0.3 is 6.03 Å². The molecule has 0 unspecified atom stereocenters. The number of halogens is 1. The maximum Gasteiger partial charge on any atom is 0.316 e. The number of urea groups is 1. The summed E-state index contributed by atoms with van der Waals surface area (Å²) >= 11 is 6.21. The molecule has 3 aromatic rings. The number of hydrogen-bond donors (Lipinski definition) is 3. The van der Waals surface area contributed by atoms with Crippen LogP contribution in [0.1, 0.15) is 28.1 Å². The number of carbonyl (C=O) groups excluding carboxylic acids is 2. The molecule has 1 aromatic heterocycles. The summed E-state index contributed by atoms with van der Waals surface area (Å²) in [7, 11) is 0. The number of aliphatic hydroxyl groups is 1. The number of nitrogens with one attached hydrogen (secondary N) is 1. The third-order valence-electron chi connectivity index (χ3n) is 4.06. The van der Waals surface area contributed by atoms with Crippen molar-refractivity contribution in [2.24, 2.45) is 5.73 Å². The summed E-state index contributed by atoms with van der Waals surface area (Å²) in [5.74, 6) is -0.0487. The summed E-state index contributed by atoms with van der Waals surface area (Å²) in [6, 6.07) is 9.15. The molecule has 2 amide bonds. The Morgan fingerprint density at radius 3 is 2.71 bits per heavy atom. The highest BCUT2D eigenvalue weighted by Crippen LogP contribution is 2.35. The molecule has 4 N–H and O–H groups in total. The molecule has 0 saturated carbocycles. The molecule has 28 heavy (non-hydrogen) atoms. The van der Waals surface area contributed by atoms with Gasteiger partial charge in [0, 0.05) is 30.0 Å². The van der Waals surface area contributed by atoms with Gasteiger partial charge in [-0.25, -0.2) is 4.79 Å². The first-order chi connectivity index (χ1) is 13.4. The summed E-state index contributed by atoms with van der Waals surface area (Å²) in [5.41, 5.74) is 6.94. The quantitative estimate of drug-likeness (QED) is 0.410. The van der Waals surface area contributed by atoms with Crippen molar-refractivity contribution in [3.8, 4) is 5.75 Å². The average molecular weight is 403 g/mol. The van der Waals surface area contributed by atoms with Gasteiger partial charge in [-0.2, -0.15) is 0 Å². The third kappa shape index (κ3) is 4.11. The van der Waals surface area contributed by atoms with Crippen LogP contribution in [0.5, 0.6) is 5.75 Å². The van der Waals surface area contributed by atoms with Gasteiger partial charge in [-0.05, 0) is 36.8 Å². The highest BCUT2D eigenvalue weighted by atomic mass is 35.5. The first-order valence-corrected chi connectivity index (χ1v) is 8.96. The molecule has 0 radical (unpaired) electrons. The van der Waals surface area contributed by atoms with Crippen molar-refractivity contribution >= 4 is 40.1 Å². The molecule has 8 heteroatoms. The van der Waals surface area contributed by atoms with E-state index in [1.54, 1.807) is 36.4 Å². The van der Waals surface area contributed by atoms with E-state index in [0.717, 1.165) is 5.56 Å². The Labute approximate surface area is 166 Å². The van der Waals surface area contributed by atoms with Crippen LogP contribution in [-0.4, -0.2) is 30.1 Å². The maximum absolute atomic E-state index is 13.0.